The predicted molar refractivity (Wildman–Crippen MR) is 143 cm³/mol. The Morgan fingerprint density at radius 3 is 2.72 bits per heavy atom. The Kier molecular flexibility index (Phi) is 8.06. The molecule has 0 atom stereocenters. The minimum Gasteiger partial charge on any atom is -0.462 e. The van der Waals surface area contributed by atoms with Crippen molar-refractivity contribution in [1.82, 2.24) is 10.3 Å². The highest BCUT2D eigenvalue weighted by Gasteiger charge is 2.23. The third-order valence-electron chi connectivity index (χ3n) is 5.69. The van der Waals surface area contributed by atoms with Crippen molar-refractivity contribution in [1.29, 1.82) is 0 Å². The van der Waals surface area contributed by atoms with E-state index < -0.39 is 10.8 Å². The van der Waals surface area contributed by atoms with E-state index in [0.717, 1.165) is 43.5 Å². The van der Waals surface area contributed by atoms with E-state index in [0.29, 0.717) is 28.5 Å². The molecule has 2 N–H and O–H groups in total. The summed E-state index contributed by atoms with van der Waals surface area (Å²) in [5.74, 6) is -0.932. The minimum absolute atomic E-state index is 0.0112. The lowest BCUT2D eigenvalue weighted by Gasteiger charge is -2.21. The molecule has 1 aliphatic heterocycles. The molecule has 0 aliphatic carbocycles. The van der Waals surface area contributed by atoms with Crippen LogP contribution in [0.4, 0.5) is 16.5 Å². The molecule has 12 heteroatoms. The molecule has 1 saturated heterocycles. The van der Waals surface area contributed by atoms with Gasteiger partial charge in [0.25, 0.3) is 11.6 Å². The van der Waals surface area contributed by atoms with Crippen LogP contribution < -0.4 is 15.5 Å². The SMILES string of the molecule is CCCCOC(=O)c1ccc2nc(NC(=S)NC(=O)c3cc([N+](=O)[O-])ccc3N3CCCC3)sc2c1. The Hall–Kier alpha value is -3.64. The van der Waals surface area contributed by atoms with E-state index in [-0.39, 0.29) is 22.3 Å². The lowest BCUT2D eigenvalue weighted by atomic mass is 10.1. The molecule has 1 fully saturated rings. The lowest BCUT2D eigenvalue weighted by molar-refractivity contribution is -0.384. The standard InChI is InChI=1S/C24H25N5O5S2/c1-2-3-12-34-22(31)15-6-8-18-20(13-15)36-24(25-18)27-23(35)26-21(30)17-14-16(29(32)33)7-9-19(17)28-10-4-5-11-28/h6-9,13-14H,2-5,10-12H2,1H3,(H2,25,26,27,30,35). The molecule has 0 saturated carbocycles. The molecule has 2 heterocycles. The first-order valence-electron chi connectivity index (χ1n) is 11.6. The van der Waals surface area contributed by atoms with Gasteiger partial charge in [0, 0.05) is 25.2 Å². The Morgan fingerprint density at radius 2 is 2.00 bits per heavy atom. The summed E-state index contributed by atoms with van der Waals surface area (Å²) in [4.78, 5) is 42.5. The number of esters is 1. The normalized spacial score (nSPS) is 13.0. The minimum atomic E-state index is -0.545. The summed E-state index contributed by atoms with van der Waals surface area (Å²) in [6.45, 7) is 3.96. The molecule has 1 aliphatic rings. The van der Waals surface area contributed by atoms with Gasteiger partial charge in [-0.2, -0.15) is 0 Å². The number of unbranched alkanes of at least 4 members (excludes halogenated alkanes) is 1. The number of nitrogens with one attached hydrogen (secondary N) is 2. The van der Waals surface area contributed by atoms with Crippen LogP contribution >= 0.6 is 23.6 Å². The van der Waals surface area contributed by atoms with Gasteiger partial charge in [0.2, 0.25) is 0 Å². The molecule has 36 heavy (non-hydrogen) atoms. The molecule has 1 amide bonds. The second kappa shape index (κ2) is 11.4. The number of aromatic nitrogens is 1. The maximum Gasteiger partial charge on any atom is 0.338 e. The van der Waals surface area contributed by atoms with Crippen LogP contribution in [0, 0.1) is 10.1 Å². The number of rotatable bonds is 8. The maximum absolute atomic E-state index is 13.0. The van der Waals surface area contributed by atoms with Crippen LogP contribution in [-0.2, 0) is 4.74 Å². The first-order chi connectivity index (χ1) is 17.4. The number of carbonyl (C=O) groups is 2. The van der Waals surface area contributed by atoms with Gasteiger partial charge in [-0.05, 0) is 55.7 Å². The van der Waals surface area contributed by atoms with E-state index in [4.69, 9.17) is 17.0 Å². The van der Waals surface area contributed by atoms with Crippen LogP contribution in [0.15, 0.2) is 36.4 Å². The molecular formula is C24H25N5O5S2. The van der Waals surface area contributed by atoms with Crippen molar-refractivity contribution in [2.45, 2.75) is 32.6 Å². The highest BCUT2D eigenvalue weighted by Crippen LogP contribution is 2.29. The molecule has 1 aromatic heterocycles. The smallest absolute Gasteiger partial charge is 0.338 e. The van der Waals surface area contributed by atoms with Gasteiger partial charge in [-0.1, -0.05) is 24.7 Å². The van der Waals surface area contributed by atoms with Gasteiger partial charge in [0.15, 0.2) is 10.2 Å². The van der Waals surface area contributed by atoms with Gasteiger partial charge in [-0.3, -0.25) is 20.2 Å². The van der Waals surface area contributed by atoms with Crippen LogP contribution in [0.1, 0.15) is 53.3 Å². The van der Waals surface area contributed by atoms with Crippen molar-refractivity contribution in [2.24, 2.45) is 0 Å². The molecule has 0 spiro atoms. The number of benzene rings is 2. The van der Waals surface area contributed by atoms with Gasteiger partial charge >= 0.3 is 5.97 Å². The molecular weight excluding hydrogens is 502 g/mol. The average Bonchev–Trinajstić information content (AvgIpc) is 3.52. The van der Waals surface area contributed by atoms with Gasteiger partial charge in [-0.25, -0.2) is 9.78 Å². The average molecular weight is 528 g/mol. The maximum atomic E-state index is 13.0. The number of thiazole rings is 1. The highest BCUT2D eigenvalue weighted by molar-refractivity contribution is 7.80. The van der Waals surface area contributed by atoms with Crippen LogP contribution in [0.25, 0.3) is 10.2 Å². The van der Waals surface area contributed by atoms with E-state index in [2.05, 4.69) is 15.6 Å². The zero-order chi connectivity index (χ0) is 25.7. The molecule has 4 rings (SSSR count). The number of non-ortho nitro benzene ring substituents is 1. The van der Waals surface area contributed by atoms with Crippen LogP contribution in [0.5, 0.6) is 0 Å². The Bertz CT molecular complexity index is 1320. The number of nitro benzene ring substituents is 1. The molecule has 0 bridgehead atoms. The van der Waals surface area contributed by atoms with Crippen LogP contribution in [0.2, 0.25) is 0 Å². The van der Waals surface area contributed by atoms with E-state index in [9.17, 15) is 19.7 Å². The second-order valence-corrected chi connectivity index (χ2v) is 9.69. The zero-order valence-electron chi connectivity index (χ0n) is 19.6. The summed E-state index contributed by atoms with van der Waals surface area (Å²) in [6, 6.07) is 9.36. The Balaban J connectivity index is 1.46. The number of fused-ring (bicyclic) bond motifs is 1. The summed E-state index contributed by atoms with van der Waals surface area (Å²) in [5, 5.41) is 17.2. The quantitative estimate of drug-likeness (QED) is 0.138. The van der Waals surface area contributed by atoms with Gasteiger partial charge in [-0.15, -0.1) is 0 Å². The lowest BCUT2D eigenvalue weighted by Crippen LogP contribution is -2.35. The van der Waals surface area contributed by atoms with E-state index in [1.807, 2.05) is 11.8 Å². The largest absolute Gasteiger partial charge is 0.462 e. The van der Waals surface area contributed by atoms with Crippen molar-refractivity contribution >= 4 is 67.3 Å². The monoisotopic (exact) mass is 527 g/mol. The molecule has 188 valence electrons. The third-order valence-corrected chi connectivity index (χ3v) is 6.82. The van der Waals surface area contributed by atoms with Crippen LogP contribution in [0.3, 0.4) is 0 Å². The molecule has 0 radical (unpaired) electrons. The van der Waals surface area contributed by atoms with Gasteiger partial charge in [0.1, 0.15) is 0 Å². The number of amides is 1. The molecule has 3 aromatic rings. The number of anilines is 2. The first-order valence-corrected chi connectivity index (χ1v) is 12.8. The number of carbonyl (C=O) groups excluding carboxylic acids is 2. The van der Waals surface area contributed by atoms with Crippen molar-refractivity contribution in [2.75, 3.05) is 29.9 Å². The number of ether oxygens (including phenoxy) is 1. The number of hydrogen-bond acceptors (Lipinski definition) is 9. The fourth-order valence-corrected chi connectivity index (χ4v) is 5.01. The Morgan fingerprint density at radius 1 is 1.22 bits per heavy atom. The van der Waals surface area contributed by atoms with Gasteiger partial charge in [0.05, 0.1) is 38.6 Å². The van der Waals surface area contributed by atoms with Crippen molar-refractivity contribution < 1.29 is 19.2 Å². The molecule has 10 nitrogen and oxygen atoms in total. The van der Waals surface area contributed by atoms with Gasteiger partial charge < -0.3 is 15.0 Å². The topological polar surface area (TPSA) is 127 Å². The fourth-order valence-electron chi connectivity index (χ4n) is 3.85. The number of nitro groups is 1. The van der Waals surface area contributed by atoms with Crippen molar-refractivity contribution in [3.63, 3.8) is 0 Å². The number of hydrogen-bond donors (Lipinski definition) is 2. The predicted octanol–water partition coefficient (Wildman–Crippen LogP) is 4.89. The summed E-state index contributed by atoms with van der Waals surface area (Å²) in [6.07, 6.45) is 3.73. The van der Waals surface area contributed by atoms with Crippen LogP contribution in [-0.4, -0.2) is 46.6 Å². The Labute approximate surface area is 216 Å². The fraction of sp³-hybridized carbons (Fsp3) is 0.333. The number of nitrogens with zero attached hydrogens (tertiary/aromatic N) is 3. The summed E-state index contributed by atoms with van der Waals surface area (Å²) in [7, 11) is 0. The zero-order valence-corrected chi connectivity index (χ0v) is 21.2. The van der Waals surface area contributed by atoms with Crippen molar-refractivity contribution in [3.05, 3.63) is 57.6 Å². The summed E-state index contributed by atoms with van der Waals surface area (Å²) in [5.41, 5.74) is 1.75. The summed E-state index contributed by atoms with van der Waals surface area (Å²) < 4.78 is 6.02. The molecule has 2 aromatic carbocycles. The highest BCUT2D eigenvalue weighted by atomic mass is 32.1. The van der Waals surface area contributed by atoms with E-state index in [1.165, 1.54) is 23.5 Å². The summed E-state index contributed by atoms with van der Waals surface area (Å²) >= 11 is 6.58. The molecule has 0 unspecified atom stereocenters. The first kappa shape index (κ1) is 25.5. The van der Waals surface area contributed by atoms with Crippen molar-refractivity contribution in [3.8, 4) is 0 Å². The number of thiocarbonyl (C=S) groups is 1. The van der Waals surface area contributed by atoms with E-state index in [1.54, 1.807) is 24.3 Å². The second-order valence-electron chi connectivity index (χ2n) is 8.25. The van der Waals surface area contributed by atoms with E-state index >= 15 is 0 Å². The third kappa shape index (κ3) is 5.94.